The second-order valence-electron chi connectivity index (χ2n) is 4.04. The molecule has 0 aliphatic rings. The smallest absolute Gasteiger partial charge is 0.308 e. The molecule has 1 unspecified atom stereocenters. The third-order valence-electron chi connectivity index (χ3n) is 2.34. The predicted molar refractivity (Wildman–Crippen MR) is 57.3 cm³/mol. The molecule has 0 saturated heterocycles. The number of carbonyl (C=O) groups is 2. The quantitative estimate of drug-likeness (QED) is 0.776. The molecule has 1 rings (SSSR count). The second-order valence-corrected chi connectivity index (χ2v) is 4.04. The summed E-state index contributed by atoms with van der Waals surface area (Å²) in [5.74, 6) is -1.98. The van der Waals surface area contributed by atoms with E-state index in [1.807, 2.05) is 0 Å². The number of aliphatic carboxylic acids is 1. The first-order valence-corrected chi connectivity index (χ1v) is 5.23. The number of carboxylic acids is 1. The number of rotatable bonds is 5. The highest BCUT2D eigenvalue weighted by Crippen LogP contribution is 2.09. The number of aryl methyl sites for hydroxylation is 1. The molecular formula is C10H15N3O4. The van der Waals surface area contributed by atoms with Crippen LogP contribution in [0.4, 0.5) is 0 Å². The maximum Gasteiger partial charge on any atom is 0.308 e. The van der Waals surface area contributed by atoms with Crippen molar-refractivity contribution in [1.82, 2.24) is 15.5 Å². The first-order chi connectivity index (χ1) is 7.91. The highest BCUT2D eigenvalue weighted by atomic mass is 16.5. The first kappa shape index (κ1) is 13.1. The zero-order chi connectivity index (χ0) is 13.0. The lowest BCUT2D eigenvalue weighted by Crippen LogP contribution is -2.36. The lowest BCUT2D eigenvalue weighted by atomic mass is 9.96. The van der Waals surface area contributed by atoms with Crippen molar-refractivity contribution in [1.29, 1.82) is 0 Å². The van der Waals surface area contributed by atoms with E-state index in [0.717, 1.165) is 0 Å². The van der Waals surface area contributed by atoms with Crippen molar-refractivity contribution in [3.8, 4) is 0 Å². The Balaban J connectivity index is 2.55. The van der Waals surface area contributed by atoms with Gasteiger partial charge in [-0.25, -0.2) is 0 Å². The van der Waals surface area contributed by atoms with Gasteiger partial charge in [0.25, 0.3) is 11.7 Å². The molecular weight excluding hydrogens is 226 g/mol. The maximum absolute atomic E-state index is 11.5. The average molecular weight is 241 g/mol. The van der Waals surface area contributed by atoms with E-state index < -0.39 is 17.8 Å². The lowest BCUT2D eigenvalue weighted by Gasteiger charge is -2.15. The predicted octanol–water partition coefficient (Wildman–Crippen LogP) is 0.465. The molecule has 1 aromatic rings. The van der Waals surface area contributed by atoms with Crippen molar-refractivity contribution < 1.29 is 19.2 Å². The monoisotopic (exact) mass is 241 g/mol. The Morgan fingerprint density at radius 2 is 2.12 bits per heavy atom. The number of carbonyl (C=O) groups excluding carboxylic acids is 1. The lowest BCUT2D eigenvalue weighted by molar-refractivity contribution is -0.142. The number of nitrogens with zero attached hydrogens (tertiary/aromatic N) is 2. The van der Waals surface area contributed by atoms with Crippen LogP contribution >= 0.6 is 0 Å². The van der Waals surface area contributed by atoms with Crippen LogP contribution in [0, 0.1) is 18.8 Å². The molecule has 7 nitrogen and oxygen atoms in total. The minimum atomic E-state index is -0.940. The number of amides is 1. The summed E-state index contributed by atoms with van der Waals surface area (Å²) in [6.45, 7) is 5.17. The molecule has 0 saturated carbocycles. The van der Waals surface area contributed by atoms with Gasteiger partial charge in [0.1, 0.15) is 0 Å². The van der Waals surface area contributed by atoms with Gasteiger partial charge in [0, 0.05) is 13.5 Å². The molecule has 7 heteroatoms. The molecule has 0 aliphatic carbocycles. The summed E-state index contributed by atoms with van der Waals surface area (Å²) in [5.41, 5.74) is 0. The summed E-state index contributed by atoms with van der Waals surface area (Å²) in [5, 5.41) is 14.8. The molecule has 0 aromatic carbocycles. The fourth-order valence-electron chi connectivity index (χ4n) is 1.28. The van der Waals surface area contributed by atoms with Gasteiger partial charge < -0.3 is 14.9 Å². The van der Waals surface area contributed by atoms with E-state index in [9.17, 15) is 9.59 Å². The SMILES string of the molecule is Cc1nc(C(=O)NCC(C(=O)O)C(C)C)no1. The van der Waals surface area contributed by atoms with Gasteiger partial charge in [-0.1, -0.05) is 19.0 Å². The minimum Gasteiger partial charge on any atom is -0.481 e. The van der Waals surface area contributed by atoms with Gasteiger partial charge >= 0.3 is 5.97 Å². The number of carboxylic acid groups (broad SMARTS) is 1. The van der Waals surface area contributed by atoms with Gasteiger partial charge in [-0.2, -0.15) is 4.98 Å². The molecule has 94 valence electrons. The maximum atomic E-state index is 11.5. The van der Waals surface area contributed by atoms with Crippen molar-refractivity contribution >= 4 is 11.9 Å². The van der Waals surface area contributed by atoms with Crippen LogP contribution in [0.3, 0.4) is 0 Å². The van der Waals surface area contributed by atoms with E-state index >= 15 is 0 Å². The van der Waals surface area contributed by atoms with Crippen LogP contribution < -0.4 is 5.32 Å². The van der Waals surface area contributed by atoms with Crippen LogP contribution in [0.2, 0.25) is 0 Å². The standard InChI is InChI=1S/C10H15N3O4/c1-5(2)7(10(15)16)4-11-9(14)8-12-6(3)17-13-8/h5,7H,4H2,1-3H3,(H,11,14)(H,15,16). The fourth-order valence-corrected chi connectivity index (χ4v) is 1.28. The van der Waals surface area contributed by atoms with E-state index in [1.165, 1.54) is 0 Å². The molecule has 1 atom stereocenters. The van der Waals surface area contributed by atoms with Crippen LogP contribution in [0.5, 0.6) is 0 Å². The van der Waals surface area contributed by atoms with Crippen LogP contribution in [0.15, 0.2) is 4.52 Å². The summed E-state index contributed by atoms with van der Waals surface area (Å²) in [6, 6.07) is 0. The summed E-state index contributed by atoms with van der Waals surface area (Å²) in [6.07, 6.45) is 0. The molecule has 0 bridgehead atoms. The van der Waals surface area contributed by atoms with E-state index in [1.54, 1.807) is 20.8 Å². The van der Waals surface area contributed by atoms with Crippen molar-refractivity contribution in [3.63, 3.8) is 0 Å². The Morgan fingerprint density at radius 3 is 2.53 bits per heavy atom. The minimum absolute atomic E-state index is 0.0411. The van der Waals surface area contributed by atoms with E-state index in [4.69, 9.17) is 5.11 Å². The largest absolute Gasteiger partial charge is 0.481 e. The highest BCUT2D eigenvalue weighted by molar-refractivity contribution is 5.90. The molecule has 0 aliphatic heterocycles. The van der Waals surface area contributed by atoms with Crippen LogP contribution in [0.1, 0.15) is 30.4 Å². The molecule has 0 radical (unpaired) electrons. The molecule has 1 aromatic heterocycles. The van der Waals surface area contributed by atoms with Crippen molar-refractivity contribution in [3.05, 3.63) is 11.7 Å². The average Bonchev–Trinajstić information content (AvgIpc) is 2.63. The van der Waals surface area contributed by atoms with Gasteiger partial charge in [-0.15, -0.1) is 0 Å². The number of hydrogen-bond acceptors (Lipinski definition) is 5. The van der Waals surface area contributed by atoms with Gasteiger partial charge in [0.05, 0.1) is 5.92 Å². The Kier molecular flexibility index (Phi) is 4.19. The molecule has 2 N–H and O–H groups in total. The Bertz CT molecular complexity index is 413. The fraction of sp³-hybridized carbons (Fsp3) is 0.600. The zero-order valence-corrected chi connectivity index (χ0v) is 9.93. The van der Waals surface area contributed by atoms with Crippen LogP contribution in [-0.4, -0.2) is 33.7 Å². The Labute approximate surface area is 98.2 Å². The summed E-state index contributed by atoms with van der Waals surface area (Å²) >= 11 is 0. The van der Waals surface area contributed by atoms with Gasteiger partial charge in [-0.3, -0.25) is 9.59 Å². The van der Waals surface area contributed by atoms with E-state index in [-0.39, 0.29) is 24.2 Å². The number of aromatic nitrogens is 2. The van der Waals surface area contributed by atoms with Gasteiger partial charge in [-0.05, 0) is 5.92 Å². The summed E-state index contributed by atoms with van der Waals surface area (Å²) < 4.78 is 4.65. The van der Waals surface area contributed by atoms with Gasteiger partial charge in [0.2, 0.25) is 5.89 Å². The van der Waals surface area contributed by atoms with Crippen molar-refractivity contribution in [2.75, 3.05) is 6.54 Å². The molecule has 17 heavy (non-hydrogen) atoms. The van der Waals surface area contributed by atoms with Crippen LogP contribution in [0.25, 0.3) is 0 Å². The van der Waals surface area contributed by atoms with E-state index in [2.05, 4.69) is 20.0 Å². The molecule has 1 heterocycles. The first-order valence-electron chi connectivity index (χ1n) is 5.23. The zero-order valence-electron chi connectivity index (χ0n) is 9.93. The number of hydrogen-bond donors (Lipinski definition) is 2. The van der Waals surface area contributed by atoms with Crippen LogP contribution in [-0.2, 0) is 4.79 Å². The normalized spacial score (nSPS) is 12.5. The third-order valence-corrected chi connectivity index (χ3v) is 2.34. The summed E-state index contributed by atoms with van der Waals surface area (Å²) in [4.78, 5) is 26.2. The molecule has 1 amide bonds. The number of nitrogens with one attached hydrogen (secondary N) is 1. The van der Waals surface area contributed by atoms with Crippen molar-refractivity contribution in [2.45, 2.75) is 20.8 Å². The topological polar surface area (TPSA) is 105 Å². The molecule has 0 spiro atoms. The molecule has 0 fully saturated rings. The Morgan fingerprint density at radius 1 is 1.47 bits per heavy atom. The highest BCUT2D eigenvalue weighted by Gasteiger charge is 2.23. The summed E-state index contributed by atoms with van der Waals surface area (Å²) in [7, 11) is 0. The van der Waals surface area contributed by atoms with Gasteiger partial charge in [0.15, 0.2) is 0 Å². The van der Waals surface area contributed by atoms with Crippen molar-refractivity contribution in [2.24, 2.45) is 11.8 Å². The van der Waals surface area contributed by atoms with E-state index in [0.29, 0.717) is 0 Å². The Hall–Kier alpha value is -1.92. The third kappa shape index (κ3) is 3.54. The second kappa shape index (κ2) is 5.42.